The maximum absolute atomic E-state index is 11.6. The summed E-state index contributed by atoms with van der Waals surface area (Å²) in [7, 11) is 0. The van der Waals surface area contributed by atoms with Gasteiger partial charge in [0.15, 0.2) is 0 Å². The number of hydrogen-bond acceptors (Lipinski definition) is 8. The van der Waals surface area contributed by atoms with Gasteiger partial charge >= 0.3 is 17.9 Å². The molecule has 0 aromatic rings. The van der Waals surface area contributed by atoms with Crippen molar-refractivity contribution in [1.82, 2.24) is 9.80 Å². The molecule has 1 atom stereocenters. The minimum absolute atomic E-state index is 0.181. The molecule has 0 saturated carbocycles. The first-order valence-corrected chi connectivity index (χ1v) is 7.25. The molecule has 12 heteroatoms. The predicted molar refractivity (Wildman–Crippen MR) is 81.6 cm³/mol. The maximum Gasteiger partial charge on any atom is 0.317 e. The molecular formula is C13H23N3O9. The number of hydrogen-bond donors (Lipinski definition) is 6. The molecule has 0 radical (unpaired) electrons. The van der Waals surface area contributed by atoms with E-state index in [0.29, 0.717) is 0 Å². The quantitative estimate of drug-likeness (QED) is 0.177. The van der Waals surface area contributed by atoms with Crippen LogP contribution in [0.2, 0.25) is 0 Å². The normalized spacial score (nSPS) is 12.5. The third kappa shape index (κ3) is 8.95. The summed E-state index contributed by atoms with van der Waals surface area (Å²) in [4.78, 5) is 46.3. The maximum atomic E-state index is 11.6. The molecule has 1 amide bonds. The number of nitrogens with two attached hydrogens (primary N) is 1. The van der Waals surface area contributed by atoms with Crippen LogP contribution < -0.4 is 5.73 Å². The van der Waals surface area contributed by atoms with Gasteiger partial charge in [-0.15, -0.1) is 0 Å². The van der Waals surface area contributed by atoms with E-state index in [-0.39, 0.29) is 13.1 Å². The van der Waals surface area contributed by atoms with Gasteiger partial charge in [0.25, 0.3) is 0 Å². The molecule has 25 heavy (non-hydrogen) atoms. The Morgan fingerprint density at radius 3 is 1.56 bits per heavy atom. The number of carbonyl (C=O) groups excluding carboxylic acids is 1. The highest BCUT2D eigenvalue weighted by atomic mass is 16.4. The van der Waals surface area contributed by atoms with Gasteiger partial charge < -0.3 is 31.3 Å². The van der Waals surface area contributed by atoms with Crippen LogP contribution in [0.3, 0.4) is 0 Å². The standard InChI is InChI=1S/C13H23N3O9/c14-13(25)12(8(6-17)7-18)16(5-11(23)24)2-1-15(3-9(19)20)4-10(21)22/h8,12,17-18H,1-7H2,(H2,14,25)(H,19,20)(H,21,22)(H,23,24). The Morgan fingerprint density at radius 1 is 0.800 bits per heavy atom. The van der Waals surface area contributed by atoms with Crippen molar-refractivity contribution in [3.63, 3.8) is 0 Å². The smallest absolute Gasteiger partial charge is 0.317 e. The van der Waals surface area contributed by atoms with Gasteiger partial charge in [0.1, 0.15) is 0 Å². The lowest BCUT2D eigenvalue weighted by Gasteiger charge is -2.33. The highest BCUT2D eigenvalue weighted by molar-refractivity contribution is 5.81. The Labute approximate surface area is 143 Å². The van der Waals surface area contributed by atoms with Gasteiger partial charge in [-0.25, -0.2) is 0 Å². The molecule has 1 unspecified atom stereocenters. The van der Waals surface area contributed by atoms with Crippen LogP contribution in [0.4, 0.5) is 0 Å². The second-order valence-corrected chi connectivity index (χ2v) is 5.33. The van der Waals surface area contributed by atoms with Gasteiger partial charge in [-0.2, -0.15) is 0 Å². The molecule has 0 rings (SSSR count). The van der Waals surface area contributed by atoms with Crippen molar-refractivity contribution in [3.8, 4) is 0 Å². The molecule has 0 saturated heterocycles. The first-order chi connectivity index (χ1) is 11.6. The number of aliphatic carboxylic acids is 3. The number of amides is 1. The molecular weight excluding hydrogens is 342 g/mol. The number of aliphatic hydroxyl groups is 2. The topological polar surface area (TPSA) is 202 Å². The number of rotatable bonds is 14. The van der Waals surface area contributed by atoms with Crippen LogP contribution in [0, 0.1) is 5.92 Å². The van der Waals surface area contributed by atoms with Gasteiger partial charge in [0.2, 0.25) is 5.91 Å². The fraction of sp³-hybridized carbons (Fsp3) is 0.692. The third-order valence-electron chi connectivity index (χ3n) is 3.36. The van der Waals surface area contributed by atoms with Crippen LogP contribution in [-0.2, 0) is 19.2 Å². The Kier molecular flexibility index (Phi) is 10.3. The van der Waals surface area contributed by atoms with E-state index in [9.17, 15) is 29.4 Å². The minimum Gasteiger partial charge on any atom is -0.480 e. The highest BCUT2D eigenvalue weighted by Crippen LogP contribution is 2.11. The molecule has 0 fully saturated rings. The van der Waals surface area contributed by atoms with Crippen molar-refractivity contribution in [2.24, 2.45) is 11.7 Å². The summed E-state index contributed by atoms with van der Waals surface area (Å²) in [6.45, 7) is -3.52. The lowest BCUT2D eigenvalue weighted by Crippen LogP contribution is -2.55. The van der Waals surface area contributed by atoms with Crippen molar-refractivity contribution in [1.29, 1.82) is 0 Å². The minimum atomic E-state index is -1.32. The van der Waals surface area contributed by atoms with E-state index in [1.54, 1.807) is 0 Å². The summed E-state index contributed by atoms with van der Waals surface area (Å²) in [5.41, 5.74) is 5.24. The summed E-state index contributed by atoms with van der Waals surface area (Å²) < 4.78 is 0. The summed E-state index contributed by atoms with van der Waals surface area (Å²) in [5, 5.41) is 45.0. The van der Waals surface area contributed by atoms with E-state index in [2.05, 4.69) is 0 Å². The highest BCUT2D eigenvalue weighted by Gasteiger charge is 2.33. The van der Waals surface area contributed by atoms with Crippen LogP contribution in [-0.4, -0.2) is 111 Å². The average molecular weight is 365 g/mol. The molecule has 0 aromatic carbocycles. The van der Waals surface area contributed by atoms with Crippen molar-refractivity contribution in [2.45, 2.75) is 6.04 Å². The second-order valence-electron chi connectivity index (χ2n) is 5.33. The van der Waals surface area contributed by atoms with Crippen LogP contribution in [0.5, 0.6) is 0 Å². The zero-order valence-electron chi connectivity index (χ0n) is 13.4. The van der Waals surface area contributed by atoms with E-state index >= 15 is 0 Å². The molecule has 12 nitrogen and oxygen atoms in total. The van der Waals surface area contributed by atoms with E-state index in [1.165, 1.54) is 0 Å². The lowest BCUT2D eigenvalue weighted by molar-refractivity contribution is -0.145. The van der Waals surface area contributed by atoms with E-state index in [0.717, 1.165) is 9.80 Å². The monoisotopic (exact) mass is 365 g/mol. The molecule has 144 valence electrons. The van der Waals surface area contributed by atoms with Crippen LogP contribution in [0.25, 0.3) is 0 Å². The SMILES string of the molecule is NC(=O)C(C(CO)CO)N(CCN(CC(=O)O)CC(=O)O)CC(=O)O. The largest absolute Gasteiger partial charge is 0.480 e. The second kappa shape index (κ2) is 11.3. The molecule has 0 aliphatic rings. The van der Waals surface area contributed by atoms with E-state index in [4.69, 9.17) is 21.1 Å². The number of primary amides is 1. The Morgan fingerprint density at radius 2 is 1.24 bits per heavy atom. The number of nitrogens with zero attached hydrogens (tertiary/aromatic N) is 2. The Hall–Kier alpha value is -2.28. The van der Waals surface area contributed by atoms with Crippen LogP contribution >= 0.6 is 0 Å². The van der Waals surface area contributed by atoms with Crippen LogP contribution in [0.1, 0.15) is 0 Å². The van der Waals surface area contributed by atoms with Crippen molar-refractivity contribution in [2.75, 3.05) is 45.9 Å². The van der Waals surface area contributed by atoms with Gasteiger partial charge in [-0.3, -0.25) is 29.0 Å². The summed E-state index contributed by atoms with van der Waals surface area (Å²) in [6, 6.07) is -1.32. The van der Waals surface area contributed by atoms with Crippen molar-refractivity contribution in [3.05, 3.63) is 0 Å². The fourth-order valence-corrected chi connectivity index (χ4v) is 2.32. The molecule has 0 heterocycles. The zero-order valence-corrected chi connectivity index (χ0v) is 13.4. The van der Waals surface area contributed by atoms with Gasteiger partial charge in [-0.1, -0.05) is 0 Å². The van der Waals surface area contributed by atoms with E-state index < -0.39 is 68.6 Å². The molecule has 0 aromatic heterocycles. The van der Waals surface area contributed by atoms with Gasteiger partial charge in [-0.05, 0) is 0 Å². The fourth-order valence-electron chi connectivity index (χ4n) is 2.32. The van der Waals surface area contributed by atoms with Crippen molar-refractivity contribution >= 4 is 23.8 Å². The van der Waals surface area contributed by atoms with Gasteiger partial charge in [0, 0.05) is 19.0 Å². The first-order valence-electron chi connectivity index (χ1n) is 7.25. The average Bonchev–Trinajstić information content (AvgIpc) is 2.47. The predicted octanol–water partition coefficient (Wildman–Crippen LogP) is -3.70. The molecule has 7 N–H and O–H groups in total. The summed E-state index contributed by atoms with van der Waals surface area (Å²) in [6.07, 6.45) is 0. The van der Waals surface area contributed by atoms with Crippen LogP contribution in [0.15, 0.2) is 0 Å². The molecule has 0 aliphatic carbocycles. The first kappa shape index (κ1) is 22.7. The summed E-state index contributed by atoms with van der Waals surface area (Å²) >= 11 is 0. The Bertz CT molecular complexity index is 465. The number of carbonyl (C=O) groups is 4. The molecule has 0 spiro atoms. The Balaban J connectivity index is 5.27. The van der Waals surface area contributed by atoms with Gasteiger partial charge in [0.05, 0.1) is 38.9 Å². The molecule has 0 bridgehead atoms. The number of carboxylic acid groups (broad SMARTS) is 3. The number of carboxylic acids is 3. The van der Waals surface area contributed by atoms with Crippen molar-refractivity contribution < 1.29 is 44.7 Å². The molecule has 0 aliphatic heterocycles. The lowest BCUT2D eigenvalue weighted by atomic mass is 9.99. The number of aliphatic hydroxyl groups excluding tert-OH is 2. The zero-order chi connectivity index (χ0) is 19.6. The van der Waals surface area contributed by atoms with E-state index in [1.807, 2.05) is 0 Å². The third-order valence-corrected chi connectivity index (χ3v) is 3.36. The summed E-state index contributed by atoms with van der Waals surface area (Å²) in [5.74, 6) is -5.88.